The highest BCUT2D eigenvalue weighted by Gasteiger charge is 2.26. The molecule has 2 nitrogen and oxygen atoms in total. The standard InChI is InChI=1S/C6H10F2O2/c1-2-3-4(7)5(8)6(9)10/h4-5H,2-3H2,1H3,(H,9,10). The maximum Gasteiger partial charge on any atom is 0.341 e. The molecule has 0 aromatic rings. The van der Waals surface area contributed by atoms with Crippen LogP contribution in [0.5, 0.6) is 0 Å². The van der Waals surface area contributed by atoms with Gasteiger partial charge in [0.05, 0.1) is 0 Å². The molecule has 0 spiro atoms. The van der Waals surface area contributed by atoms with Crippen LogP contribution in [-0.4, -0.2) is 23.4 Å². The van der Waals surface area contributed by atoms with Crippen LogP contribution in [-0.2, 0) is 4.79 Å². The molecule has 2 unspecified atom stereocenters. The van der Waals surface area contributed by atoms with E-state index in [1.54, 1.807) is 6.92 Å². The molecule has 0 heterocycles. The van der Waals surface area contributed by atoms with Crippen LogP contribution >= 0.6 is 0 Å². The van der Waals surface area contributed by atoms with E-state index in [-0.39, 0.29) is 6.42 Å². The minimum Gasteiger partial charge on any atom is -0.479 e. The van der Waals surface area contributed by atoms with E-state index in [0.717, 1.165) is 0 Å². The average Bonchev–Trinajstić information content (AvgIpc) is 1.87. The van der Waals surface area contributed by atoms with Crippen LogP contribution in [0.15, 0.2) is 0 Å². The third kappa shape index (κ3) is 2.75. The molecule has 0 amide bonds. The Morgan fingerprint density at radius 3 is 2.40 bits per heavy atom. The fourth-order valence-corrected chi connectivity index (χ4v) is 0.577. The number of alkyl halides is 2. The van der Waals surface area contributed by atoms with E-state index in [9.17, 15) is 13.6 Å². The van der Waals surface area contributed by atoms with Crippen molar-refractivity contribution >= 4 is 5.97 Å². The van der Waals surface area contributed by atoms with Gasteiger partial charge in [0.1, 0.15) is 6.17 Å². The van der Waals surface area contributed by atoms with Crippen LogP contribution in [0.4, 0.5) is 8.78 Å². The molecule has 0 saturated carbocycles. The summed E-state index contributed by atoms with van der Waals surface area (Å²) in [6.07, 6.45) is -3.80. The van der Waals surface area contributed by atoms with Crippen LogP contribution < -0.4 is 0 Å². The van der Waals surface area contributed by atoms with Crippen molar-refractivity contribution in [2.45, 2.75) is 32.1 Å². The summed E-state index contributed by atoms with van der Waals surface area (Å²) in [6.45, 7) is 1.67. The number of carboxylic acids is 1. The van der Waals surface area contributed by atoms with E-state index in [1.807, 2.05) is 0 Å². The molecule has 0 radical (unpaired) electrons. The Morgan fingerprint density at radius 2 is 2.10 bits per heavy atom. The van der Waals surface area contributed by atoms with Crippen molar-refractivity contribution in [1.29, 1.82) is 0 Å². The summed E-state index contributed by atoms with van der Waals surface area (Å²) in [5.41, 5.74) is 0. The van der Waals surface area contributed by atoms with Crippen LogP contribution in [0.25, 0.3) is 0 Å². The van der Waals surface area contributed by atoms with E-state index in [1.165, 1.54) is 0 Å². The molecule has 0 aliphatic rings. The zero-order valence-electron chi connectivity index (χ0n) is 5.68. The number of rotatable bonds is 4. The predicted octanol–water partition coefficient (Wildman–Crippen LogP) is 1.55. The largest absolute Gasteiger partial charge is 0.479 e. The van der Waals surface area contributed by atoms with Gasteiger partial charge in [-0.25, -0.2) is 13.6 Å². The molecule has 0 rings (SSSR count). The number of hydrogen-bond donors (Lipinski definition) is 1. The summed E-state index contributed by atoms with van der Waals surface area (Å²) in [6, 6.07) is 0. The Morgan fingerprint density at radius 1 is 1.60 bits per heavy atom. The Hall–Kier alpha value is -0.670. The fraction of sp³-hybridized carbons (Fsp3) is 0.833. The van der Waals surface area contributed by atoms with E-state index < -0.39 is 18.3 Å². The molecule has 1 N–H and O–H groups in total. The number of aliphatic carboxylic acids is 1. The summed E-state index contributed by atoms with van der Waals surface area (Å²) >= 11 is 0. The predicted molar refractivity (Wildman–Crippen MR) is 32.3 cm³/mol. The maximum atomic E-state index is 12.3. The van der Waals surface area contributed by atoms with Crippen LogP contribution in [0, 0.1) is 0 Å². The van der Waals surface area contributed by atoms with Crippen LogP contribution in [0.3, 0.4) is 0 Å². The molecule has 0 aromatic carbocycles. The molecule has 0 aliphatic heterocycles. The van der Waals surface area contributed by atoms with Crippen molar-refractivity contribution < 1.29 is 18.7 Å². The zero-order chi connectivity index (χ0) is 8.15. The average molecular weight is 152 g/mol. The molecule has 0 aromatic heterocycles. The van der Waals surface area contributed by atoms with Gasteiger partial charge >= 0.3 is 5.97 Å². The van der Waals surface area contributed by atoms with Gasteiger partial charge in [0.2, 0.25) is 6.17 Å². The van der Waals surface area contributed by atoms with E-state index >= 15 is 0 Å². The number of carbonyl (C=O) groups is 1. The van der Waals surface area contributed by atoms with Crippen LogP contribution in [0.2, 0.25) is 0 Å². The molecule has 0 fully saturated rings. The highest BCUT2D eigenvalue weighted by Crippen LogP contribution is 2.10. The first kappa shape index (κ1) is 9.33. The molecule has 10 heavy (non-hydrogen) atoms. The highest BCUT2D eigenvalue weighted by molar-refractivity contribution is 5.72. The van der Waals surface area contributed by atoms with Crippen molar-refractivity contribution in [3.8, 4) is 0 Å². The second-order valence-electron chi connectivity index (χ2n) is 2.04. The minimum absolute atomic E-state index is 0.0343. The van der Waals surface area contributed by atoms with E-state index in [4.69, 9.17) is 5.11 Å². The zero-order valence-corrected chi connectivity index (χ0v) is 5.68. The third-order valence-corrected chi connectivity index (χ3v) is 1.12. The first-order chi connectivity index (χ1) is 4.59. The lowest BCUT2D eigenvalue weighted by molar-refractivity contribution is -0.145. The molecule has 0 saturated heterocycles. The number of halogens is 2. The summed E-state index contributed by atoms with van der Waals surface area (Å²) < 4.78 is 24.4. The Bertz CT molecular complexity index is 116. The summed E-state index contributed by atoms with van der Waals surface area (Å²) in [5, 5.41) is 7.96. The van der Waals surface area contributed by atoms with Crippen molar-refractivity contribution in [3.63, 3.8) is 0 Å². The monoisotopic (exact) mass is 152 g/mol. The second kappa shape index (κ2) is 4.19. The van der Waals surface area contributed by atoms with Gasteiger partial charge in [0, 0.05) is 0 Å². The van der Waals surface area contributed by atoms with Gasteiger partial charge in [-0.1, -0.05) is 13.3 Å². The molecule has 60 valence electrons. The lowest BCUT2D eigenvalue weighted by atomic mass is 10.1. The van der Waals surface area contributed by atoms with Gasteiger partial charge in [0.25, 0.3) is 0 Å². The topological polar surface area (TPSA) is 37.3 Å². The molecule has 2 atom stereocenters. The van der Waals surface area contributed by atoms with Crippen LogP contribution in [0.1, 0.15) is 19.8 Å². The van der Waals surface area contributed by atoms with E-state index in [0.29, 0.717) is 6.42 Å². The van der Waals surface area contributed by atoms with Gasteiger partial charge in [-0.05, 0) is 6.42 Å². The summed E-state index contributed by atoms with van der Waals surface area (Å²) in [4.78, 5) is 9.80. The Kier molecular flexibility index (Phi) is 3.91. The van der Waals surface area contributed by atoms with E-state index in [2.05, 4.69) is 0 Å². The Balaban J connectivity index is 3.69. The third-order valence-electron chi connectivity index (χ3n) is 1.12. The van der Waals surface area contributed by atoms with Crippen molar-refractivity contribution in [1.82, 2.24) is 0 Å². The molecule has 0 bridgehead atoms. The lowest BCUT2D eigenvalue weighted by Crippen LogP contribution is -2.26. The van der Waals surface area contributed by atoms with Gasteiger partial charge in [-0.3, -0.25) is 0 Å². The summed E-state index contributed by atoms with van der Waals surface area (Å²) in [7, 11) is 0. The number of carboxylic acid groups (broad SMARTS) is 1. The van der Waals surface area contributed by atoms with Gasteiger partial charge in [-0.2, -0.15) is 0 Å². The second-order valence-corrected chi connectivity index (χ2v) is 2.04. The van der Waals surface area contributed by atoms with Gasteiger partial charge in [0.15, 0.2) is 0 Å². The van der Waals surface area contributed by atoms with Crippen molar-refractivity contribution in [2.75, 3.05) is 0 Å². The highest BCUT2D eigenvalue weighted by atomic mass is 19.2. The fourth-order valence-electron chi connectivity index (χ4n) is 0.577. The smallest absolute Gasteiger partial charge is 0.341 e. The first-order valence-corrected chi connectivity index (χ1v) is 3.10. The quantitative estimate of drug-likeness (QED) is 0.663. The SMILES string of the molecule is CCCC(F)C(F)C(=O)O. The van der Waals surface area contributed by atoms with Crippen molar-refractivity contribution in [2.24, 2.45) is 0 Å². The van der Waals surface area contributed by atoms with Crippen molar-refractivity contribution in [3.05, 3.63) is 0 Å². The summed E-state index contributed by atoms with van der Waals surface area (Å²) in [5.74, 6) is -1.72. The Labute approximate surface area is 57.9 Å². The lowest BCUT2D eigenvalue weighted by Gasteiger charge is -2.06. The molecule has 4 heteroatoms. The molecular formula is C6H10F2O2. The van der Waals surface area contributed by atoms with Gasteiger partial charge < -0.3 is 5.11 Å². The molecule has 0 aliphatic carbocycles. The van der Waals surface area contributed by atoms with Gasteiger partial charge in [-0.15, -0.1) is 0 Å². The molecular weight excluding hydrogens is 142 g/mol. The first-order valence-electron chi connectivity index (χ1n) is 3.10. The minimum atomic E-state index is -2.36. The maximum absolute atomic E-state index is 12.3. The normalized spacial score (nSPS) is 16.3. The number of hydrogen-bond acceptors (Lipinski definition) is 1.